The molecule has 0 radical (unpaired) electrons. The number of nitro benzene ring substituents is 1. The van der Waals surface area contributed by atoms with E-state index in [0.717, 1.165) is 18.2 Å². The van der Waals surface area contributed by atoms with Gasteiger partial charge >= 0.3 is 0 Å². The van der Waals surface area contributed by atoms with Crippen molar-refractivity contribution in [3.8, 4) is 0 Å². The lowest BCUT2D eigenvalue weighted by atomic mass is 10.3. The minimum atomic E-state index is -4.23. The van der Waals surface area contributed by atoms with Crippen LogP contribution >= 0.6 is 11.6 Å². The molecule has 8 nitrogen and oxygen atoms in total. The third-order valence-corrected chi connectivity index (χ3v) is 3.17. The molecule has 0 amide bonds. The van der Waals surface area contributed by atoms with Crippen molar-refractivity contribution >= 4 is 27.3 Å². The number of sulfonamides is 1. The van der Waals surface area contributed by atoms with Crippen molar-refractivity contribution < 1.29 is 13.3 Å². The average Bonchev–Trinajstić information content (AvgIpc) is 2.16. The van der Waals surface area contributed by atoms with E-state index < -0.39 is 19.8 Å². The fourth-order valence-electron chi connectivity index (χ4n) is 0.905. The summed E-state index contributed by atoms with van der Waals surface area (Å²) in [4.78, 5) is 11.3. The van der Waals surface area contributed by atoms with Crippen LogP contribution in [0.5, 0.6) is 0 Å². The molecule has 0 heterocycles. The van der Waals surface area contributed by atoms with E-state index in [9.17, 15) is 18.5 Å². The van der Waals surface area contributed by atoms with Gasteiger partial charge in [0.2, 0.25) is 0 Å². The Bertz CT molecular complexity index is 593. The second kappa shape index (κ2) is 4.35. The van der Waals surface area contributed by atoms with Gasteiger partial charge in [-0.25, -0.2) is 8.42 Å². The van der Waals surface area contributed by atoms with Crippen molar-refractivity contribution in [2.24, 2.45) is 4.52 Å². The first-order chi connectivity index (χ1) is 7.38. The van der Waals surface area contributed by atoms with Crippen LogP contribution in [0.3, 0.4) is 0 Å². The van der Waals surface area contributed by atoms with Crippen molar-refractivity contribution in [1.82, 2.24) is 0 Å². The maximum atomic E-state index is 11.3. The van der Waals surface area contributed by atoms with Gasteiger partial charge in [-0.2, -0.15) is 0 Å². The largest absolute Gasteiger partial charge is 0.271 e. The first-order valence-corrected chi connectivity index (χ1v) is 5.45. The van der Waals surface area contributed by atoms with E-state index in [-0.39, 0.29) is 10.7 Å². The predicted octanol–water partition coefficient (Wildman–Crippen LogP) is 2.25. The van der Waals surface area contributed by atoms with Crippen LogP contribution < -0.4 is 0 Å². The monoisotopic (exact) mass is 262 g/mol. The third kappa shape index (κ3) is 2.40. The first-order valence-electron chi connectivity index (χ1n) is 3.64. The highest BCUT2D eigenvalue weighted by atomic mass is 35.5. The van der Waals surface area contributed by atoms with Crippen LogP contribution in [0.25, 0.3) is 10.4 Å². The summed E-state index contributed by atoms with van der Waals surface area (Å²) in [6, 6.07) is 2.72. The first kappa shape index (κ1) is 12.2. The molecule has 0 N–H and O–H groups in total. The van der Waals surface area contributed by atoms with Crippen molar-refractivity contribution in [3.05, 3.63) is 43.8 Å². The lowest BCUT2D eigenvalue weighted by molar-refractivity contribution is -0.384. The van der Waals surface area contributed by atoms with Crippen molar-refractivity contribution in [2.75, 3.05) is 0 Å². The molecule has 84 valence electrons. The molecule has 0 unspecified atom stereocenters. The molecule has 0 bridgehead atoms. The Hall–Kier alpha value is -1.83. The molecule has 16 heavy (non-hydrogen) atoms. The number of azide groups is 1. The molecule has 0 atom stereocenters. The Balaban J connectivity index is 3.40. The fraction of sp³-hybridized carbons (Fsp3) is 0. The summed E-state index contributed by atoms with van der Waals surface area (Å²) in [6.45, 7) is 0. The van der Waals surface area contributed by atoms with Gasteiger partial charge in [0.05, 0.1) is 14.8 Å². The van der Waals surface area contributed by atoms with Gasteiger partial charge in [-0.1, -0.05) is 11.6 Å². The van der Waals surface area contributed by atoms with Gasteiger partial charge in [0, 0.05) is 21.6 Å². The maximum Gasteiger partial charge on any atom is 0.271 e. The van der Waals surface area contributed by atoms with E-state index in [1.165, 1.54) is 0 Å². The molecule has 10 heteroatoms. The molecule has 0 aliphatic rings. The number of nitrogens with zero attached hydrogens (tertiary/aromatic N) is 4. The topological polar surface area (TPSA) is 126 Å². The number of rotatable bonds is 3. The Morgan fingerprint density at radius 1 is 1.50 bits per heavy atom. The summed E-state index contributed by atoms with van der Waals surface area (Å²) in [5.74, 6) is 0. The number of hydrogen-bond donors (Lipinski definition) is 0. The van der Waals surface area contributed by atoms with Crippen LogP contribution in [0.4, 0.5) is 5.69 Å². The highest BCUT2D eigenvalue weighted by Crippen LogP contribution is 2.27. The number of benzene rings is 1. The highest BCUT2D eigenvalue weighted by molar-refractivity contribution is 7.90. The van der Waals surface area contributed by atoms with Crippen molar-refractivity contribution in [2.45, 2.75) is 4.90 Å². The predicted molar refractivity (Wildman–Crippen MR) is 54.4 cm³/mol. The summed E-state index contributed by atoms with van der Waals surface area (Å²) < 4.78 is 25.1. The van der Waals surface area contributed by atoms with Crippen LogP contribution in [0.15, 0.2) is 27.6 Å². The third-order valence-electron chi connectivity index (χ3n) is 1.55. The van der Waals surface area contributed by atoms with E-state index in [0.29, 0.717) is 0 Å². The zero-order chi connectivity index (χ0) is 12.3. The van der Waals surface area contributed by atoms with Gasteiger partial charge < -0.3 is 0 Å². The number of non-ortho nitro benzene ring substituents is 1. The SMILES string of the molecule is [N-]=[N+]=NS(=O)(=O)c1ccc([N+](=O)[O-])cc1Cl. The molecular formula is C6H3ClN4O4S. The molecule has 0 aromatic heterocycles. The summed E-state index contributed by atoms with van der Waals surface area (Å²) in [5.41, 5.74) is 7.67. The second-order valence-corrected chi connectivity index (χ2v) is 4.48. The standard InChI is InChI=1S/C6H3ClN4O4S/c7-5-3-4(11(12)13)1-2-6(5)16(14,15)10-9-8/h1-3H. The highest BCUT2D eigenvalue weighted by Gasteiger charge is 2.19. The molecular weight excluding hydrogens is 260 g/mol. The van der Waals surface area contributed by atoms with Gasteiger partial charge in [-0.05, 0) is 11.6 Å². The van der Waals surface area contributed by atoms with E-state index in [1.54, 1.807) is 0 Å². The van der Waals surface area contributed by atoms with Crippen LogP contribution in [0, 0.1) is 10.1 Å². The maximum absolute atomic E-state index is 11.3. The minimum Gasteiger partial charge on any atom is -0.258 e. The van der Waals surface area contributed by atoms with Crippen LogP contribution in [0.1, 0.15) is 0 Å². The number of hydrogen-bond acceptors (Lipinski definition) is 4. The van der Waals surface area contributed by atoms with E-state index >= 15 is 0 Å². The molecule has 1 aromatic rings. The van der Waals surface area contributed by atoms with Crippen LogP contribution in [0.2, 0.25) is 5.02 Å². The van der Waals surface area contributed by atoms with Crippen molar-refractivity contribution in [1.29, 1.82) is 0 Å². The zero-order valence-corrected chi connectivity index (χ0v) is 9.01. The lowest BCUT2D eigenvalue weighted by Crippen LogP contribution is -1.97. The average molecular weight is 263 g/mol. The van der Waals surface area contributed by atoms with E-state index in [2.05, 4.69) is 9.43 Å². The number of nitro groups is 1. The molecule has 1 aromatic carbocycles. The van der Waals surface area contributed by atoms with Gasteiger partial charge in [-0.15, -0.1) is 0 Å². The van der Waals surface area contributed by atoms with E-state index in [4.69, 9.17) is 17.1 Å². The molecule has 0 saturated heterocycles. The summed E-state index contributed by atoms with van der Waals surface area (Å²) in [7, 11) is -4.23. The normalized spacial score (nSPS) is 10.6. The van der Waals surface area contributed by atoms with Gasteiger partial charge in [0.25, 0.3) is 15.7 Å². The minimum absolute atomic E-state index is 0.357. The molecule has 1 rings (SSSR count). The smallest absolute Gasteiger partial charge is 0.258 e. The van der Waals surface area contributed by atoms with Crippen LogP contribution in [-0.4, -0.2) is 13.3 Å². The summed E-state index contributed by atoms with van der Waals surface area (Å²) in [6.07, 6.45) is 0. The van der Waals surface area contributed by atoms with Gasteiger partial charge in [0.1, 0.15) is 0 Å². The van der Waals surface area contributed by atoms with Crippen LogP contribution in [-0.2, 0) is 10.0 Å². The Morgan fingerprint density at radius 3 is 2.56 bits per heavy atom. The van der Waals surface area contributed by atoms with Gasteiger partial charge in [-0.3, -0.25) is 10.1 Å². The Morgan fingerprint density at radius 2 is 2.12 bits per heavy atom. The molecule has 0 aliphatic carbocycles. The molecule has 0 spiro atoms. The Kier molecular flexibility index (Phi) is 3.33. The van der Waals surface area contributed by atoms with Crippen molar-refractivity contribution in [3.63, 3.8) is 0 Å². The molecule has 0 fully saturated rings. The van der Waals surface area contributed by atoms with E-state index in [1.807, 2.05) is 0 Å². The van der Waals surface area contributed by atoms with Gasteiger partial charge in [0.15, 0.2) is 0 Å². The fourth-order valence-corrected chi connectivity index (χ4v) is 2.10. The molecule has 0 aliphatic heterocycles. The Labute approximate surface area is 94.3 Å². The lowest BCUT2D eigenvalue weighted by Gasteiger charge is -1.99. The molecule has 0 saturated carbocycles. The second-order valence-electron chi connectivity index (χ2n) is 2.52. The number of halogens is 1. The summed E-state index contributed by atoms with van der Waals surface area (Å²) >= 11 is 5.53. The summed E-state index contributed by atoms with van der Waals surface area (Å²) in [5, 5.41) is 9.98. The zero-order valence-electron chi connectivity index (χ0n) is 7.44. The quantitative estimate of drug-likeness (QED) is 0.272.